The van der Waals surface area contributed by atoms with Gasteiger partial charge in [0.05, 0.1) is 4.92 Å². The van der Waals surface area contributed by atoms with Crippen molar-refractivity contribution >= 4 is 28.8 Å². The van der Waals surface area contributed by atoms with Gasteiger partial charge in [0.15, 0.2) is 0 Å². The number of benzene rings is 1. The lowest BCUT2D eigenvalue weighted by molar-refractivity contribution is -0.383. The van der Waals surface area contributed by atoms with E-state index in [4.69, 9.17) is 0 Å². The van der Waals surface area contributed by atoms with E-state index < -0.39 is 0 Å². The molecule has 0 spiro atoms. The van der Waals surface area contributed by atoms with Gasteiger partial charge in [-0.15, -0.1) is 0 Å². The SMILES string of the molecule is CNc1cccc(N(C)CCSC)c1[N+](=O)[O-]. The maximum atomic E-state index is 11.1. The number of anilines is 2. The molecule has 0 amide bonds. The third kappa shape index (κ3) is 3.26. The van der Waals surface area contributed by atoms with Crippen molar-refractivity contribution in [3.05, 3.63) is 28.3 Å². The Hall–Kier alpha value is -1.43. The number of nitrogens with zero attached hydrogens (tertiary/aromatic N) is 2. The predicted octanol–water partition coefficient (Wildman–Crippen LogP) is 2.44. The van der Waals surface area contributed by atoms with Gasteiger partial charge in [0, 0.05) is 26.4 Å². The largest absolute Gasteiger partial charge is 0.382 e. The zero-order valence-electron chi connectivity index (χ0n) is 10.3. The first kappa shape index (κ1) is 13.6. The summed E-state index contributed by atoms with van der Waals surface area (Å²) in [7, 11) is 3.56. The molecule has 0 saturated heterocycles. The van der Waals surface area contributed by atoms with Crippen LogP contribution in [0.1, 0.15) is 0 Å². The van der Waals surface area contributed by atoms with Gasteiger partial charge in [0.25, 0.3) is 0 Å². The van der Waals surface area contributed by atoms with Gasteiger partial charge in [-0.05, 0) is 18.4 Å². The van der Waals surface area contributed by atoms with Gasteiger partial charge in [0.2, 0.25) is 0 Å². The Morgan fingerprint density at radius 3 is 2.76 bits per heavy atom. The van der Waals surface area contributed by atoms with Gasteiger partial charge in [-0.3, -0.25) is 10.1 Å². The number of nitrogens with one attached hydrogen (secondary N) is 1. The average molecular weight is 255 g/mol. The van der Waals surface area contributed by atoms with Gasteiger partial charge < -0.3 is 10.2 Å². The summed E-state index contributed by atoms with van der Waals surface area (Å²) in [6, 6.07) is 5.31. The maximum absolute atomic E-state index is 11.1. The van der Waals surface area contributed by atoms with Crippen molar-refractivity contribution in [1.29, 1.82) is 0 Å². The van der Waals surface area contributed by atoms with E-state index in [9.17, 15) is 10.1 Å². The van der Waals surface area contributed by atoms with Crippen LogP contribution in [0.3, 0.4) is 0 Å². The molecule has 5 nitrogen and oxygen atoms in total. The molecule has 1 aromatic carbocycles. The quantitative estimate of drug-likeness (QED) is 0.625. The highest BCUT2D eigenvalue weighted by atomic mass is 32.2. The summed E-state index contributed by atoms with van der Waals surface area (Å²) in [6.07, 6.45) is 2.02. The topological polar surface area (TPSA) is 58.4 Å². The van der Waals surface area contributed by atoms with Crippen molar-refractivity contribution in [1.82, 2.24) is 0 Å². The van der Waals surface area contributed by atoms with Crippen LogP contribution in [0.25, 0.3) is 0 Å². The molecule has 0 radical (unpaired) electrons. The fraction of sp³-hybridized carbons (Fsp3) is 0.455. The molecule has 0 aliphatic carbocycles. The monoisotopic (exact) mass is 255 g/mol. The molecule has 0 aliphatic rings. The molecule has 6 heteroatoms. The molecule has 0 heterocycles. The summed E-state index contributed by atoms with van der Waals surface area (Å²) >= 11 is 1.72. The van der Waals surface area contributed by atoms with Crippen LogP contribution in [0.2, 0.25) is 0 Å². The highest BCUT2D eigenvalue weighted by Gasteiger charge is 2.21. The number of hydrogen-bond donors (Lipinski definition) is 1. The minimum Gasteiger partial charge on any atom is -0.382 e. The standard InChI is InChI=1S/C11H17N3O2S/c1-12-9-5-4-6-10(11(9)14(15)16)13(2)7-8-17-3/h4-6,12H,7-8H2,1-3H3. The Morgan fingerprint density at radius 1 is 1.53 bits per heavy atom. The Balaban J connectivity index is 3.09. The molecular weight excluding hydrogens is 238 g/mol. The van der Waals surface area contributed by atoms with Crippen LogP contribution in [0.4, 0.5) is 17.1 Å². The van der Waals surface area contributed by atoms with E-state index in [1.807, 2.05) is 24.3 Å². The van der Waals surface area contributed by atoms with E-state index in [1.54, 1.807) is 30.9 Å². The zero-order valence-corrected chi connectivity index (χ0v) is 11.1. The lowest BCUT2D eigenvalue weighted by atomic mass is 10.2. The summed E-state index contributed by atoms with van der Waals surface area (Å²) in [6.45, 7) is 0.787. The Labute approximate surface area is 105 Å². The maximum Gasteiger partial charge on any atom is 0.315 e. The molecule has 0 aliphatic heterocycles. The minimum absolute atomic E-state index is 0.138. The second-order valence-electron chi connectivity index (χ2n) is 3.59. The highest BCUT2D eigenvalue weighted by Crippen LogP contribution is 2.34. The highest BCUT2D eigenvalue weighted by molar-refractivity contribution is 7.98. The molecular formula is C11H17N3O2S. The average Bonchev–Trinajstić information content (AvgIpc) is 2.34. The predicted molar refractivity (Wildman–Crippen MR) is 74.3 cm³/mol. The molecule has 0 unspecified atom stereocenters. The molecule has 0 atom stereocenters. The van der Waals surface area contributed by atoms with Gasteiger partial charge in [-0.25, -0.2) is 0 Å². The molecule has 0 fully saturated rings. The third-order valence-corrected chi connectivity index (χ3v) is 3.10. The molecule has 1 N–H and O–H groups in total. The number of para-hydroxylation sites is 1. The molecule has 0 aromatic heterocycles. The van der Waals surface area contributed by atoms with Crippen LogP contribution in [0.5, 0.6) is 0 Å². The summed E-state index contributed by atoms with van der Waals surface area (Å²) in [5.41, 5.74) is 1.33. The van der Waals surface area contributed by atoms with Gasteiger partial charge in [0.1, 0.15) is 11.4 Å². The summed E-state index contributed by atoms with van der Waals surface area (Å²) in [5, 5.41) is 14.0. The van der Waals surface area contributed by atoms with E-state index in [0.717, 1.165) is 12.3 Å². The lowest BCUT2D eigenvalue weighted by Crippen LogP contribution is -2.21. The Bertz CT molecular complexity index is 398. The molecule has 0 saturated carbocycles. The van der Waals surface area contributed by atoms with Crippen LogP contribution in [-0.2, 0) is 0 Å². The first-order chi connectivity index (χ1) is 8.11. The minimum atomic E-state index is -0.337. The molecule has 1 rings (SSSR count). The Kier molecular flexibility index (Phi) is 5.09. The van der Waals surface area contributed by atoms with Crippen molar-refractivity contribution in [2.75, 3.05) is 42.9 Å². The smallest absolute Gasteiger partial charge is 0.315 e. The second-order valence-corrected chi connectivity index (χ2v) is 4.58. The number of nitro benzene ring substituents is 1. The van der Waals surface area contributed by atoms with Gasteiger partial charge >= 0.3 is 5.69 Å². The molecule has 0 bridgehead atoms. The number of hydrogen-bond acceptors (Lipinski definition) is 5. The van der Waals surface area contributed by atoms with E-state index in [-0.39, 0.29) is 10.6 Å². The summed E-state index contributed by atoms with van der Waals surface area (Å²) in [5.74, 6) is 0.942. The van der Waals surface area contributed by atoms with Crippen LogP contribution < -0.4 is 10.2 Å². The van der Waals surface area contributed by atoms with Crippen molar-refractivity contribution in [3.63, 3.8) is 0 Å². The van der Waals surface area contributed by atoms with Crippen LogP contribution >= 0.6 is 11.8 Å². The molecule has 17 heavy (non-hydrogen) atoms. The second kappa shape index (κ2) is 6.34. The van der Waals surface area contributed by atoms with Crippen molar-refractivity contribution < 1.29 is 4.92 Å². The third-order valence-electron chi connectivity index (χ3n) is 2.51. The van der Waals surface area contributed by atoms with Gasteiger partial charge in [-0.2, -0.15) is 11.8 Å². The van der Waals surface area contributed by atoms with Crippen LogP contribution in [-0.4, -0.2) is 37.6 Å². The van der Waals surface area contributed by atoms with Crippen LogP contribution in [0.15, 0.2) is 18.2 Å². The van der Waals surface area contributed by atoms with Crippen molar-refractivity contribution in [2.24, 2.45) is 0 Å². The summed E-state index contributed by atoms with van der Waals surface area (Å²) < 4.78 is 0. The Morgan fingerprint density at radius 2 is 2.24 bits per heavy atom. The lowest BCUT2D eigenvalue weighted by Gasteiger charge is -2.19. The van der Waals surface area contributed by atoms with E-state index in [2.05, 4.69) is 5.32 Å². The normalized spacial score (nSPS) is 10.1. The van der Waals surface area contributed by atoms with E-state index >= 15 is 0 Å². The summed E-state index contributed by atoms with van der Waals surface area (Å²) in [4.78, 5) is 12.7. The number of nitro groups is 1. The fourth-order valence-electron chi connectivity index (χ4n) is 1.58. The van der Waals surface area contributed by atoms with Crippen LogP contribution in [0, 0.1) is 10.1 Å². The van der Waals surface area contributed by atoms with E-state index in [0.29, 0.717) is 11.4 Å². The fourth-order valence-corrected chi connectivity index (χ4v) is 2.04. The van der Waals surface area contributed by atoms with Crippen molar-refractivity contribution in [3.8, 4) is 0 Å². The van der Waals surface area contributed by atoms with E-state index in [1.165, 1.54) is 0 Å². The van der Waals surface area contributed by atoms with Gasteiger partial charge in [-0.1, -0.05) is 6.07 Å². The molecule has 94 valence electrons. The first-order valence-corrected chi connectivity index (χ1v) is 6.66. The number of thioether (sulfide) groups is 1. The van der Waals surface area contributed by atoms with Crippen molar-refractivity contribution in [2.45, 2.75) is 0 Å². The zero-order chi connectivity index (χ0) is 12.8. The molecule has 1 aromatic rings. The number of rotatable bonds is 6. The first-order valence-electron chi connectivity index (χ1n) is 5.27.